The number of carbonyl (C=O) groups is 2. The molecule has 0 heterocycles. The van der Waals surface area contributed by atoms with Crippen LogP contribution in [-0.2, 0) is 4.79 Å². The summed E-state index contributed by atoms with van der Waals surface area (Å²) in [5.74, 6) is -2.10. The molecule has 0 aliphatic heterocycles. The molecule has 6 heteroatoms. The number of amides is 1. The highest BCUT2D eigenvalue weighted by atomic mass is 16.4. The number of phenols is 2. The van der Waals surface area contributed by atoms with Crippen molar-refractivity contribution in [2.45, 2.75) is 13.3 Å². The molecule has 0 spiro atoms. The lowest BCUT2D eigenvalue weighted by Crippen LogP contribution is -2.20. The van der Waals surface area contributed by atoms with Crippen LogP contribution in [0.15, 0.2) is 18.2 Å². The summed E-state index contributed by atoms with van der Waals surface area (Å²) in [6.07, 6.45) is 3.76. The second kappa shape index (κ2) is 6.44. The van der Waals surface area contributed by atoms with Crippen LogP contribution in [0.1, 0.15) is 29.3 Å². The molecular formula is C13H15NO5. The number of rotatable bonds is 5. The van der Waals surface area contributed by atoms with Crippen molar-refractivity contribution < 1.29 is 24.9 Å². The maximum Gasteiger partial charge on any atom is 0.339 e. The van der Waals surface area contributed by atoms with E-state index in [-0.39, 0.29) is 22.8 Å². The van der Waals surface area contributed by atoms with Gasteiger partial charge in [0.05, 0.1) is 0 Å². The molecule has 1 rings (SSSR count). The van der Waals surface area contributed by atoms with E-state index in [2.05, 4.69) is 5.32 Å². The fourth-order valence-electron chi connectivity index (χ4n) is 1.44. The molecule has 6 nitrogen and oxygen atoms in total. The maximum atomic E-state index is 10.8. The monoisotopic (exact) mass is 265 g/mol. The number of carbonyl (C=O) groups excluding carboxylic acids is 1. The highest BCUT2D eigenvalue weighted by Gasteiger charge is 2.12. The molecule has 102 valence electrons. The molecule has 0 unspecified atom stereocenters. The van der Waals surface area contributed by atoms with Gasteiger partial charge in [-0.15, -0.1) is 0 Å². The molecule has 0 fully saturated rings. The molecule has 1 amide bonds. The third-order valence-electron chi connectivity index (χ3n) is 2.36. The number of carboxylic acids is 1. The largest absolute Gasteiger partial charge is 0.507 e. The Bertz CT molecular complexity index is 522. The van der Waals surface area contributed by atoms with E-state index in [9.17, 15) is 19.8 Å². The Hall–Kier alpha value is -2.50. The molecule has 0 saturated carbocycles. The first-order valence-electron chi connectivity index (χ1n) is 5.62. The number of carboxylic acid groups (broad SMARTS) is 1. The zero-order valence-corrected chi connectivity index (χ0v) is 10.4. The van der Waals surface area contributed by atoms with Gasteiger partial charge in [0, 0.05) is 25.1 Å². The van der Waals surface area contributed by atoms with Crippen molar-refractivity contribution in [3.05, 3.63) is 29.3 Å². The summed E-state index contributed by atoms with van der Waals surface area (Å²) in [6.45, 7) is 1.87. The van der Waals surface area contributed by atoms with Crippen molar-refractivity contribution in [3.63, 3.8) is 0 Å². The van der Waals surface area contributed by atoms with Gasteiger partial charge < -0.3 is 20.6 Å². The Kier molecular flexibility index (Phi) is 4.93. The highest BCUT2D eigenvalue weighted by molar-refractivity contribution is 5.92. The number of benzene rings is 1. The number of phenolic OH excluding ortho intramolecular Hbond substituents is 1. The van der Waals surface area contributed by atoms with Gasteiger partial charge in [-0.05, 0) is 12.5 Å². The summed E-state index contributed by atoms with van der Waals surface area (Å²) in [5.41, 5.74) is 0.0114. The third kappa shape index (κ3) is 4.34. The first kappa shape index (κ1) is 14.6. The number of hydrogen-bond acceptors (Lipinski definition) is 4. The van der Waals surface area contributed by atoms with Crippen LogP contribution in [-0.4, -0.2) is 33.7 Å². The van der Waals surface area contributed by atoms with Gasteiger partial charge in [-0.25, -0.2) is 4.79 Å². The number of aromatic carboxylic acids is 1. The molecule has 1 aromatic carbocycles. The fourth-order valence-corrected chi connectivity index (χ4v) is 1.44. The van der Waals surface area contributed by atoms with Crippen molar-refractivity contribution in [2.75, 3.05) is 6.54 Å². The van der Waals surface area contributed by atoms with Gasteiger partial charge >= 0.3 is 5.97 Å². The molecule has 0 aliphatic rings. The smallest absolute Gasteiger partial charge is 0.339 e. The maximum absolute atomic E-state index is 10.8. The van der Waals surface area contributed by atoms with E-state index >= 15 is 0 Å². The Morgan fingerprint density at radius 1 is 1.26 bits per heavy atom. The summed E-state index contributed by atoms with van der Waals surface area (Å²) in [4.78, 5) is 21.4. The predicted molar refractivity (Wildman–Crippen MR) is 69.1 cm³/mol. The van der Waals surface area contributed by atoms with Crippen molar-refractivity contribution >= 4 is 18.0 Å². The fraction of sp³-hybridized carbons (Fsp3) is 0.231. The van der Waals surface area contributed by atoms with Gasteiger partial charge in [-0.3, -0.25) is 4.79 Å². The number of aromatic hydroxyl groups is 2. The SMILES string of the molecule is CC(=O)NCCC=Cc1cc(C(=O)O)c(O)cc1O. The molecule has 4 N–H and O–H groups in total. The summed E-state index contributed by atoms with van der Waals surface area (Å²) < 4.78 is 0. The number of hydrogen-bond donors (Lipinski definition) is 4. The Morgan fingerprint density at radius 2 is 1.95 bits per heavy atom. The molecule has 0 saturated heterocycles. The summed E-state index contributed by atoms with van der Waals surface area (Å²) >= 11 is 0. The van der Waals surface area contributed by atoms with Crippen LogP contribution in [0, 0.1) is 0 Å². The van der Waals surface area contributed by atoms with Gasteiger partial charge in [0.15, 0.2) is 0 Å². The molecule has 0 aliphatic carbocycles. The van der Waals surface area contributed by atoms with Crippen LogP contribution >= 0.6 is 0 Å². The first-order valence-corrected chi connectivity index (χ1v) is 5.62. The van der Waals surface area contributed by atoms with Crippen molar-refractivity contribution in [1.82, 2.24) is 5.32 Å². The molecule has 0 radical (unpaired) electrons. The minimum Gasteiger partial charge on any atom is -0.507 e. The van der Waals surface area contributed by atoms with E-state index in [0.717, 1.165) is 6.07 Å². The van der Waals surface area contributed by atoms with Gasteiger partial charge in [0.1, 0.15) is 17.1 Å². The second-order valence-electron chi connectivity index (χ2n) is 3.91. The molecule has 19 heavy (non-hydrogen) atoms. The summed E-state index contributed by atoms with van der Waals surface area (Å²) in [7, 11) is 0. The quantitative estimate of drug-likeness (QED) is 0.601. The van der Waals surface area contributed by atoms with Gasteiger partial charge in [-0.2, -0.15) is 0 Å². The third-order valence-corrected chi connectivity index (χ3v) is 2.36. The van der Waals surface area contributed by atoms with Crippen molar-refractivity contribution in [3.8, 4) is 11.5 Å². The van der Waals surface area contributed by atoms with Crippen molar-refractivity contribution in [1.29, 1.82) is 0 Å². The van der Waals surface area contributed by atoms with E-state index in [1.54, 1.807) is 6.08 Å². The molecule has 0 atom stereocenters. The Labute approximate surface area is 110 Å². The van der Waals surface area contributed by atoms with Gasteiger partial charge in [0.25, 0.3) is 0 Å². The van der Waals surface area contributed by atoms with E-state index in [1.807, 2.05) is 0 Å². The van der Waals surface area contributed by atoms with E-state index in [0.29, 0.717) is 13.0 Å². The van der Waals surface area contributed by atoms with E-state index < -0.39 is 11.7 Å². The van der Waals surface area contributed by atoms with Crippen LogP contribution in [0.5, 0.6) is 11.5 Å². The van der Waals surface area contributed by atoms with Crippen LogP contribution in [0.3, 0.4) is 0 Å². The molecule has 1 aromatic rings. The lowest BCUT2D eigenvalue weighted by Gasteiger charge is -2.04. The minimum absolute atomic E-state index is 0.131. The average Bonchev–Trinajstić information content (AvgIpc) is 2.30. The lowest BCUT2D eigenvalue weighted by molar-refractivity contribution is -0.118. The summed E-state index contributed by atoms with van der Waals surface area (Å²) in [5, 5.41) is 30.3. The van der Waals surface area contributed by atoms with Crippen LogP contribution in [0.4, 0.5) is 0 Å². The topological polar surface area (TPSA) is 107 Å². The Morgan fingerprint density at radius 3 is 2.53 bits per heavy atom. The van der Waals surface area contributed by atoms with E-state index in [4.69, 9.17) is 5.11 Å². The first-order chi connectivity index (χ1) is 8.91. The zero-order chi connectivity index (χ0) is 14.4. The zero-order valence-electron chi connectivity index (χ0n) is 10.4. The van der Waals surface area contributed by atoms with Crippen LogP contribution in [0.2, 0.25) is 0 Å². The predicted octanol–water partition coefficient (Wildman–Crippen LogP) is 1.34. The minimum atomic E-state index is -1.27. The normalized spacial score (nSPS) is 10.6. The van der Waals surface area contributed by atoms with Gasteiger partial charge in [-0.1, -0.05) is 12.2 Å². The number of nitrogens with one attached hydrogen (secondary N) is 1. The molecular weight excluding hydrogens is 250 g/mol. The average molecular weight is 265 g/mol. The second-order valence-corrected chi connectivity index (χ2v) is 3.91. The molecule has 0 bridgehead atoms. The van der Waals surface area contributed by atoms with Crippen LogP contribution < -0.4 is 5.32 Å². The van der Waals surface area contributed by atoms with E-state index in [1.165, 1.54) is 19.1 Å². The lowest BCUT2D eigenvalue weighted by atomic mass is 10.1. The standard InChI is InChI=1S/C13H15NO5/c1-8(15)14-5-3-2-4-9-6-10(13(18)19)12(17)7-11(9)16/h2,4,6-7,16-17H,3,5H2,1H3,(H,14,15)(H,18,19). The highest BCUT2D eigenvalue weighted by Crippen LogP contribution is 2.28. The van der Waals surface area contributed by atoms with Crippen LogP contribution in [0.25, 0.3) is 6.08 Å². The van der Waals surface area contributed by atoms with Crippen molar-refractivity contribution in [2.24, 2.45) is 0 Å². The van der Waals surface area contributed by atoms with Gasteiger partial charge in [0.2, 0.25) is 5.91 Å². The molecule has 0 aromatic heterocycles. The Balaban J connectivity index is 2.77. The summed E-state index contributed by atoms with van der Waals surface area (Å²) in [6, 6.07) is 2.17.